The molecule has 0 atom stereocenters. The summed E-state index contributed by atoms with van der Waals surface area (Å²) in [6, 6.07) is 13.3. The van der Waals surface area contributed by atoms with Crippen LogP contribution in [-0.2, 0) is 12.6 Å². The second-order valence-electron chi connectivity index (χ2n) is 6.14. The number of halogens is 4. The fourth-order valence-corrected chi connectivity index (χ4v) is 2.82. The van der Waals surface area contributed by atoms with E-state index in [0.29, 0.717) is 12.0 Å². The summed E-state index contributed by atoms with van der Waals surface area (Å²) in [6.45, 7) is 0.163. The van der Waals surface area contributed by atoms with Crippen LogP contribution in [0.15, 0.2) is 67.0 Å². The minimum atomic E-state index is -4.60. The molecule has 0 aliphatic heterocycles. The van der Waals surface area contributed by atoms with Gasteiger partial charge in [-0.05, 0) is 35.7 Å². The first-order valence-corrected chi connectivity index (χ1v) is 8.49. The number of aromatic nitrogens is 1. The van der Waals surface area contributed by atoms with Gasteiger partial charge in [0.1, 0.15) is 5.82 Å². The topological polar surface area (TPSA) is 42.0 Å². The summed E-state index contributed by atoms with van der Waals surface area (Å²) in [7, 11) is 0. The smallest absolute Gasteiger partial charge is 0.352 e. The first kappa shape index (κ1) is 19.5. The summed E-state index contributed by atoms with van der Waals surface area (Å²) >= 11 is 0. The maximum atomic E-state index is 13.3. The number of nitrogens with zero attached hydrogens (tertiary/aromatic N) is 1. The zero-order valence-electron chi connectivity index (χ0n) is 14.6. The fraction of sp³-hybridized carbons (Fsp3) is 0.143. The van der Waals surface area contributed by atoms with Crippen LogP contribution in [-0.4, -0.2) is 17.4 Å². The van der Waals surface area contributed by atoms with Crippen LogP contribution >= 0.6 is 0 Å². The number of rotatable bonds is 5. The molecule has 3 rings (SSSR count). The molecular formula is C21H16F4N2O. The summed E-state index contributed by atoms with van der Waals surface area (Å²) in [5, 5.41) is 2.52. The van der Waals surface area contributed by atoms with Gasteiger partial charge in [-0.1, -0.05) is 36.4 Å². The van der Waals surface area contributed by atoms with Crippen LogP contribution in [0.2, 0.25) is 0 Å². The summed E-state index contributed by atoms with van der Waals surface area (Å²) in [4.78, 5) is 16.0. The van der Waals surface area contributed by atoms with Gasteiger partial charge in [0.05, 0.1) is 17.3 Å². The van der Waals surface area contributed by atoms with Gasteiger partial charge in [-0.3, -0.25) is 9.78 Å². The van der Waals surface area contributed by atoms with Crippen molar-refractivity contribution in [1.82, 2.24) is 10.3 Å². The second-order valence-corrected chi connectivity index (χ2v) is 6.14. The number of alkyl halides is 3. The molecule has 3 aromatic rings. The van der Waals surface area contributed by atoms with E-state index in [0.717, 1.165) is 29.5 Å². The third kappa shape index (κ3) is 4.73. The van der Waals surface area contributed by atoms with Crippen LogP contribution in [0.3, 0.4) is 0 Å². The molecule has 0 saturated carbocycles. The molecule has 2 aromatic carbocycles. The highest BCUT2D eigenvalue weighted by Gasteiger charge is 2.34. The highest BCUT2D eigenvalue weighted by Crippen LogP contribution is 2.31. The maximum Gasteiger partial charge on any atom is 0.417 e. The number of carbonyl (C=O) groups is 1. The minimum absolute atomic E-state index is 0.163. The van der Waals surface area contributed by atoms with E-state index in [-0.39, 0.29) is 6.54 Å². The fourth-order valence-electron chi connectivity index (χ4n) is 2.82. The molecule has 1 amide bonds. The Hall–Kier alpha value is -3.22. The molecule has 0 radical (unpaired) electrons. The minimum Gasteiger partial charge on any atom is -0.352 e. The average molecular weight is 388 g/mol. The Labute approximate surface area is 159 Å². The van der Waals surface area contributed by atoms with Crippen LogP contribution in [0.4, 0.5) is 17.6 Å². The predicted octanol–water partition coefficient (Wildman–Crippen LogP) is 4.88. The number of pyridine rings is 1. The van der Waals surface area contributed by atoms with Crippen molar-refractivity contribution in [2.75, 3.05) is 6.54 Å². The van der Waals surface area contributed by atoms with Gasteiger partial charge in [0, 0.05) is 18.3 Å². The Morgan fingerprint density at radius 3 is 2.50 bits per heavy atom. The average Bonchev–Trinajstić information content (AvgIpc) is 2.67. The Balaban J connectivity index is 1.66. The lowest BCUT2D eigenvalue weighted by atomic mass is 10.0. The molecule has 0 aliphatic carbocycles. The van der Waals surface area contributed by atoms with Crippen LogP contribution < -0.4 is 5.32 Å². The Morgan fingerprint density at radius 1 is 0.964 bits per heavy atom. The number of hydrogen-bond donors (Lipinski definition) is 1. The molecule has 0 unspecified atom stereocenters. The SMILES string of the molecule is O=C(NCCc1cccc(-c2cncc(F)c2)c1)c1ccccc1C(F)(F)F. The molecule has 1 aromatic heterocycles. The largest absolute Gasteiger partial charge is 0.417 e. The van der Waals surface area contributed by atoms with Crippen molar-refractivity contribution in [3.63, 3.8) is 0 Å². The predicted molar refractivity (Wildman–Crippen MR) is 97.1 cm³/mol. The summed E-state index contributed by atoms with van der Waals surface area (Å²) in [5.74, 6) is -1.23. The molecule has 144 valence electrons. The highest BCUT2D eigenvalue weighted by molar-refractivity contribution is 5.95. The lowest BCUT2D eigenvalue weighted by Gasteiger charge is -2.13. The van der Waals surface area contributed by atoms with Crippen LogP contribution in [0.1, 0.15) is 21.5 Å². The van der Waals surface area contributed by atoms with Gasteiger partial charge < -0.3 is 5.32 Å². The molecular weight excluding hydrogens is 372 g/mol. The van der Waals surface area contributed by atoms with E-state index in [1.165, 1.54) is 24.4 Å². The van der Waals surface area contributed by atoms with Crippen molar-refractivity contribution in [2.45, 2.75) is 12.6 Å². The molecule has 0 aliphatic rings. The quantitative estimate of drug-likeness (QED) is 0.633. The number of hydrogen-bond acceptors (Lipinski definition) is 2. The van der Waals surface area contributed by atoms with Crippen molar-refractivity contribution in [3.8, 4) is 11.1 Å². The van der Waals surface area contributed by atoms with Crippen LogP contribution in [0, 0.1) is 5.82 Å². The number of amides is 1. The summed E-state index contributed by atoms with van der Waals surface area (Å²) in [6.07, 6.45) is -1.53. The van der Waals surface area contributed by atoms with Crippen molar-refractivity contribution >= 4 is 5.91 Å². The first-order chi connectivity index (χ1) is 13.3. The number of carbonyl (C=O) groups excluding carboxylic acids is 1. The molecule has 0 spiro atoms. The molecule has 7 heteroatoms. The third-order valence-corrected chi connectivity index (χ3v) is 4.14. The van der Waals surface area contributed by atoms with Gasteiger partial charge >= 0.3 is 6.18 Å². The standard InChI is InChI=1S/C21H16F4N2O/c22-17-11-16(12-26-13-17)15-5-3-4-14(10-15)8-9-27-20(28)18-6-1-2-7-19(18)21(23,24)25/h1-7,10-13H,8-9H2,(H,27,28). The van der Waals surface area contributed by atoms with Crippen LogP contribution in [0.5, 0.6) is 0 Å². The van der Waals surface area contributed by atoms with Crippen LogP contribution in [0.25, 0.3) is 11.1 Å². The van der Waals surface area contributed by atoms with Gasteiger partial charge in [-0.25, -0.2) is 4.39 Å². The first-order valence-electron chi connectivity index (χ1n) is 8.49. The molecule has 1 heterocycles. The van der Waals surface area contributed by atoms with Gasteiger partial charge in [0.25, 0.3) is 5.91 Å². The summed E-state index contributed by atoms with van der Waals surface area (Å²) < 4.78 is 52.4. The van der Waals surface area contributed by atoms with Crippen molar-refractivity contribution in [1.29, 1.82) is 0 Å². The number of nitrogens with one attached hydrogen (secondary N) is 1. The van der Waals surface area contributed by atoms with Crippen molar-refractivity contribution in [2.24, 2.45) is 0 Å². The molecule has 0 bridgehead atoms. The molecule has 3 nitrogen and oxygen atoms in total. The zero-order valence-corrected chi connectivity index (χ0v) is 14.6. The van der Waals surface area contributed by atoms with Gasteiger partial charge in [-0.2, -0.15) is 13.2 Å². The van der Waals surface area contributed by atoms with E-state index in [1.54, 1.807) is 12.1 Å². The molecule has 0 fully saturated rings. The Kier molecular flexibility index (Phi) is 5.73. The molecule has 0 saturated heterocycles. The van der Waals surface area contributed by atoms with Crippen molar-refractivity contribution in [3.05, 3.63) is 89.5 Å². The zero-order chi connectivity index (χ0) is 20.1. The normalized spacial score (nSPS) is 11.3. The maximum absolute atomic E-state index is 13.3. The monoisotopic (exact) mass is 388 g/mol. The lowest BCUT2D eigenvalue weighted by Crippen LogP contribution is -2.28. The van der Waals surface area contributed by atoms with E-state index in [2.05, 4.69) is 10.3 Å². The van der Waals surface area contributed by atoms with E-state index >= 15 is 0 Å². The number of benzene rings is 2. The molecule has 1 N–H and O–H groups in total. The lowest BCUT2D eigenvalue weighted by molar-refractivity contribution is -0.137. The van der Waals surface area contributed by atoms with Gasteiger partial charge in [0.15, 0.2) is 0 Å². The van der Waals surface area contributed by atoms with Crippen molar-refractivity contribution < 1.29 is 22.4 Å². The second kappa shape index (κ2) is 8.21. The summed E-state index contributed by atoms with van der Waals surface area (Å²) in [5.41, 5.74) is 0.858. The van der Waals surface area contributed by atoms with Gasteiger partial charge in [-0.15, -0.1) is 0 Å². The van der Waals surface area contributed by atoms with E-state index < -0.39 is 29.0 Å². The molecule has 28 heavy (non-hydrogen) atoms. The highest BCUT2D eigenvalue weighted by atomic mass is 19.4. The van der Waals surface area contributed by atoms with E-state index in [4.69, 9.17) is 0 Å². The van der Waals surface area contributed by atoms with Gasteiger partial charge in [0.2, 0.25) is 0 Å². The third-order valence-electron chi connectivity index (χ3n) is 4.14. The van der Waals surface area contributed by atoms with E-state index in [9.17, 15) is 22.4 Å². The Morgan fingerprint density at radius 2 is 1.75 bits per heavy atom. The van der Waals surface area contributed by atoms with E-state index in [1.807, 2.05) is 12.1 Å². The Bertz CT molecular complexity index is 986.